The number of nitrogens with zero attached hydrogens (tertiary/aromatic N) is 1. The van der Waals surface area contributed by atoms with E-state index in [1.807, 2.05) is 36.4 Å². The summed E-state index contributed by atoms with van der Waals surface area (Å²) in [6, 6.07) is 14.9. The Balaban J connectivity index is 1.64. The van der Waals surface area contributed by atoms with Crippen LogP contribution in [0, 0.1) is 3.57 Å². The predicted octanol–water partition coefficient (Wildman–Crippen LogP) is 5.31. The number of halogens is 1. The zero-order valence-electron chi connectivity index (χ0n) is 24.3. The topological polar surface area (TPSA) is 138 Å². The van der Waals surface area contributed by atoms with Crippen LogP contribution in [0.15, 0.2) is 71.1 Å². The number of hydrogen-bond acceptors (Lipinski definition) is 9. The van der Waals surface area contributed by atoms with E-state index in [4.69, 9.17) is 18.4 Å². The third kappa shape index (κ3) is 7.69. The van der Waals surface area contributed by atoms with Gasteiger partial charge in [0.05, 0.1) is 29.9 Å². The minimum absolute atomic E-state index is 0.0322. The highest BCUT2D eigenvalue weighted by atomic mass is 127. The molecule has 4 rings (SSSR count). The lowest BCUT2D eigenvalue weighted by molar-refractivity contribution is -0.130. The van der Waals surface area contributed by atoms with Crippen LogP contribution in [-0.4, -0.2) is 51.0 Å². The number of hydrogen-bond donors (Lipinski definition) is 1. The molecule has 0 aromatic heterocycles. The first kappa shape index (κ1) is 32.8. The van der Waals surface area contributed by atoms with Crippen molar-refractivity contribution >= 4 is 56.6 Å². The molecule has 1 saturated heterocycles. The van der Waals surface area contributed by atoms with Crippen molar-refractivity contribution in [2.75, 3.05) is 19.8 Å². The predicted molar refractivity (Wildman–Crippen MR) is 170 cm³/mol. The lowest BCUT2D eigenvalue weighted by Gasteiger charge is -2.26. The molecule has 0 radical (unpaired) electrons. The lowest BCUT2D eigenvalue weighted by atomic mass is 10.1. The Morgan fingerprint density at radius 3 is 2.25 bits per heavy atom. The summed E-state index contributed by atoms with van der Waals surface area (Å²) in [7, 11) is -4.17. The molecule has 13 heteroatoms. The summed E-state index contributed by atoms with van der Waals surface area (Å²) in [4.78, 5) is 39.9. The molecular formula is C31H31IN2O9S. The number of barbiturate groups is 1. The molecule has 1 fully saturated rings. The summed E-state index contributed by atoms with van der Waals surface area (Å²) >= 11 is 1.89. The Morgan fingerprint density at radius 1 is 0.864 bits per heavy atom. The Labute approximate surface area is 269 Å². The molecule has 1 aliphatic rings. The van der Waals surface area contributed by atoms with E-state index in [9.17, 15) is 22.8 Å². The van der Waals surface area contributed by atoms with E-state index < -0.39 is 28.0 Å². The van der Waals surface area contributed by atoms with Crippen LogP contribution >= 0.6 is 22.6 Å². The van der Waals surface area contributed by atoms with Gasteiger partial charge in [-0.3, -0.25) is 19.8 Å². The first-order chi connectivity index (χ1) is 21.1. The largest absolute Gasteiger partial charge is 0.490 e. The van der Waals surface area contributed by atoms with Gasteiger partial charge in [-0.15, -0.1) is 0 Å². The smallest absolute Gasteiger partial charge is 0.339 e. The molecule has 0 bridgehead atoms. The summed E-state index contributed by atoms with van der Waals surface area (Å²) < 4.78 is 48.7. The van der Waals surface area contributed by atoms with Gasteiger partial charge in [0.25, 0.3) is 11.8 Å². The van der Waals surface area contributed by atoms with Crippen LogP contribution in [-0.2, 0) is 26.3 Å². The SMILES string of the molecule is CCCOc1ccc(CN2C(=O)NC(=O)/C(=C\c3cc(I)c(OS(=O)(=O)c4ccccc4)c(OCC)c3)C2=O)cc1OCC. The normalized spacial score (nSPS) is 14.4. The van der Waals surface area contributed by atoms with E-state index in [0.29, 0.717) is 39.4 Å². The molecule has 0 spiro atoms. The summed E-state index contributed by atoms with van der Waals surface area (Å²) in [5, 5.41) is 2.21. The summed E-state index contributed by atoms with van der Waals surface area (Å²) in [5.74, 6) is -0.587. The molecule has 1 aliphatic heterocycles. The monoisotopic (exact) mass is 734 g/mol. The van der Waals surface area contributed by atoms with Crippen LogP contribution in [0.5, 0.6) is 23.0 Å². The highest BCUT2D eigenvalue weighted by Crippen LogP contribution is 2.37. The molecule has 0 saturated carbocycles. The number of nitrogens with one attached hydrogen (secondary N) is 1. The van der Waals surface area contributed by atoms with E-state index in [1.165, 1.54) is 30.3 Å². The summed E-state index contributed by atoms with van der Waals surface area (Å²) in [6.07, 6.45) is 2.12. The van der Waals surface area contributed by atoms with Gasteiger partial charge in [-0.2, -0.15) is 8.42 Å². The van der Waals surface area contributed by atoms with Gasteiger partial charge in [0.2, 0.25) is 0 Å². The van der Waals surface area contributed by atoms with Gasteiger partial charge in [-0.25, -0.2) is 4.79 Å². The van der Waals surface area contributed by atoms with Crippen molar-refractivity contribution < 1.29 is 41.2 Å². The van der Waals surface area contributed by atoms with Crippen molar-refractivity contribution in [3.05, 3.63) is 80.9 Å². The number of benzene rings is 3. The molecule has 232 valence electrons. The Bertz CT molecular complexity index is 1690. The fraction of sp³-hybridized carbons (Fsp3) is 0.258. The molecule has 1 N–H and O–H groups in total. The zero-order chi connectivity index (χ0) is 31.9. The Morgan fingerprint density at radius 2 is 1.57 bits per heavy atom. The second-order valence-electron chi connectivity index (χ2n) is 9.38. The average Bonchev–Trinajstić information content (AvgIpc) is 2.99. The third-order valence-electron chi connectivity index (χ3n) is 6.16. The molecule has 1 heterocycles. The van der Waals surface area contributed by atoms with Crippen molar-refractivity contribution in [2.24, 2.45) is 0 Å². The molecule has 0 unspecified atom stereocenters. The minimum Gasteiger partial charge on any atom is -0.490 e. The minimum atomic E-state index is -4.17. The van der Waals surface area contributed by atoms with E-state index >= 15 is 0 Å². The van der Waals surface area contributed by atoms with Crippen LogP contribution in [0.25, 0.3) is 6.08 Å². The van der Waals surface area contributed by atoms with Gasteiger partial charge < -0.3 is 18.4 Å². The van der Waals surface area contributed by atoms with Crippen LogP contribution in [0.2, 0.25) is 0 Å². The van der Waals surface area contributed by atoms with Gasteiger partial charge >= 0.3 is 16.1 Å². The number of urea groups is 1. The highest BCUT2D eigenvalue weighted by Gasteiger charge is 2.36. The van der Waals surface area contributed by atoms with Gasteiger partial charge in [-0.1, -0.05) is 31.2 Å². The number of ether oxygens (including phenoxy) is 3. The quantitative estimate of drug-likeness (QED) is 0.107. The van der Waals surface area contributed by atoms with Crippen LogP contribution in [0.1, 0.15) is 38.3 Å². The van der Waals surface area contributed by atoms with Gasteiger partial charge in [0, 0.05) is 0 Å². The Kier molecular flexibility index (Phi) is 10.9. The molecule has 4 amide bonds. The maximum Gasteiger partial charge on any atom is 0.339 e. The molecule has 44 heavy (non-hydrogen) atoms. The molecule has 0 aliphatic carbocycles. The second-order valence-corrected chi connectivity index (χ2v) is 12.1. The lowest BCUT2D eigenvalue weighted by Crippen LogP contribution is -2.53. The van der Waals surface area contributed by atoms with Crippen LogP contribution in [0.3, 0.4) is 0 Å². The van der Waals surface area contributed by atoms with Crippen LogP contribution in [0.4, 0.5) is 4.79 Å². The van der Waals surface area contributed by atoms with Crippen molar-refractivity contribution in [1.82, 2.24) is 10.2 Å². The molecule has 3 aromatic rings. The standard InChI is InChI=1S/C31H31IN2O9S/c1-4-14-42-25-13-12-20(17-26(25)40-5-2)19-34-30(36)23(29(35)33-31(34)37)15-21-16-24(32)28(27(18-21)41-6-3)43-44(38,39)22-10-8-7-9-11-22/h7-13,15-18H,4-6,14,19H2,1-3H3,(H,33,35,37)/b23-15+. The van der Waals surface area contributed by atoms with Gasteiger partial charge in [0.15, 0.2) is 23.0 Å². The first-order valence-electron chi connectivity index (χ1n) is 13.8. The van der Waals surface area contributed by atoms with Crippen molar-refractivity contribution in [3.63, 3.8) is 0 Å². The molecule has 11 nitrogen and oxygen atoms in total. The number of imide groups is 2. The molecule has 3 aromatic carbocycles. The summed E-state index contributed by atoms with van der Waals surface area (Å²) in [6.45, 7) is 6.48. The Hall–Kier alpha value is -4.11. The number of amides is 4. The van der Waals surface area contributed by atoms with Crippen molar-refractivity contribution in [2.45, 2.75) is 38.6 Å². The van der Waals surface area contributed by atoms with Gasteiger partial charge in [-0.05, 0) is 96.5 Å². The van der Waals surface area contributed by atoms with E-state index in [1.54, 1.807) is 43.3 Å². The van der Waals surface area contributed by atoms with Crippen molar-refractivity contribution in [1.29, 1.82) is 0 Å². The molecule has 0 atom stereocenters. The number of rotatable bonds is 13. The van der Waals surface area contributed by atoms with Crippen LogP contribution < -0.4 is 23.7 Å². The summed E-state index contributed by atoms with van der Waals surface area (Å²) in [5.41, 5.74) is 0.649. The second kappa shape index (κ2) is 14.6. The fourth-order valence-electron chi connectivity index (χ4n) is 4.20. The number of carbonyl (C=O) groups excluding carboxylic acids is 3. The maximum atomic E-state index is 13.5. The number of carbonyl (C=O) groups is 3. The van der Waals surface area contributed by atoms with E-state index in [-0.39, 0.29) is 35.1 Å². The van der Waals surface area contributed by atoms with E-state index in [0.717, 1.165) is 11.3 Å². The van der Waals surface area contributed by atoms with Gasteiger partial charge in [0.1, 0.15) is 10.5 Å². The third-order valence-corrected chi connectivity index (χ3v) is 8.20. The fourth-order valence-corrected chi connectivity index (χ4v) is 6.06. The molecular weight excluding hydrogens is 703 g/mol. The van der Waals surface area contributed by atoms with Crippen molar-refractivity contribution in [3.8, 4) is 23.0 Å². The first-order valence-corrected chi connectivity index (χ1v) is 16.3. The van der Waals surface area contributed by atoms with E-state index in [2.05, 4.69) is 5.32 Å². The maximum absolute atomic E-state index is 13.5. The average molecular weight is 735 g/mol. The zero-order valence-corrected chi connectivity index (χ0v) is 27.3. The highest BCUT2D eigenvalue weighted by molar-refractivity contribution is 14.1.